The minimum Gasteiger partial charge on any atom is -0.380 e. The molecule has 0 aromatic heterocycles. The van der Waals surface area contributed by atoms with Crippen molar-refractivity contribution in [2.45, 2.75) is 50.7 Å². The van der Waals surface area contributed by atoms with E-state index in [4.69, 9.17) is 10.5 Å². The van der Waals surface area contributed by atoms with Gasteiger partial charge < -0.3 is 10.5 Å². The molecule has 11 heavy (non-hydrogen) atoms. The predicted molar refractivity (Wildman–Crippen MR) is 46.5 cm³/mol. The van der Waals surface area contributed by atoms with Crippen molar-refractivity contribution >= 4 is 0 Å². The summed E-state index contributed by atoms with van der Waals surface area (Å²) in [6, 6.07) is 0. The average Bonchev–Trinajstić information content (AvgIpc) is 2.39. The van der Waals surface area contributed by atoms with Crippen LogP contribution >= 0.6 is 0 Å². The summed E-state index contributed by atoms with van der Waals surface area (Å²) in [4.78, 5) is 0. The van der Waals surface area contributed by atoms with Gasteiger partial charge in [0.25, 0.3) is 0 Å². The summed E-state index contributed by atoms with van der Waals surface area (Å²) in [6.45, 7) is 2.14. The van der Waals surface area contributed by atoms with Crippen molar-refractivity contribution in [3.8, 4) is 0 Å². The summed E-state index contributed by atoms with van der Waals surface area (Å²) in [5.74, 6) is 0. The van der Waals surface area contributed by atoms with E-state index in [9.17, 15) is 0 Å². The Morgan fingerprint density at radius 2 is 2.00 bits per heavy atom. The summed E-state index contributed by atoms with van der Waals surface area (Å²) in [7, 11) is 1.76. The van der Waals surface area contributed by atoms with Crippen molar-refractivity contribution in [2.75, 3.05) is 7.11 Å². The summed E-state index contributed by atoms with van der Waals surface area (Å²) in [5.41, 5.74) is 6.19. The topological polar surface area (TPSA) is 35.2 Å². The van der Waals surface area contributed by atoms with Crippen molar-refractivity contribution < 1.29 is 4.74 Å². The lowest BCUT2D eigenvalue weighted by molar-refractivity contribution is 0.0344. The van der Waals surface area contributed by atoms with E-state index in [0.717, 1.165) is 19.3 Å². The summed E-state index contributed by atoms with van der Waals surface area (Å²) in [5, 5.41) is 0. The molecule has 2 nitrogen and oxygen atoms in total. The van der Waals surface area contributed by atoms with Crippen LogP contribution < -0.4 is 5.73 Å². The molecule has 1 atom stereocenters. The van der Waals surface area contributed by atoms with E-state index in [1.807, 2.05) is 0 Å². The molecule has 0 heterocycles. The molecule has 0 aromatic rings. The van der Waals surface area contributed by atoms with Gasteiger partial charge in [-0.2, -0.15) is 0 Å². The first-order chi connectivity index (χ1) is 5.23. The highest BCUT2D eigenvalue weighted by Gasteiger charge is 2.36. The highest BCUT2D eigenvalue weighted by atomic mass is 16.5. The second-order valence-corrected chi connectivity index (χ2v) is 3.57. The Morgan fingerprint density at radius 3 is 2.36 bits per heavy atom. The predicted octanol–water partition coefficient (Wildman–Crippen LogP) is 1.68. The van der Waals surface area contributed by atoms with Crippen molar-refractivity contribution in [3.63, 3.8) is 0 Å². The van der Waals surface area contributed by atoms with E-state index in [1.54, 1.807) is 7.11 Å². The first-order valence-electron chi connectivity index (χ1n) is 4.54. The van der Waals surface area contributed by atoms with Crippen molar-refractivity contribution in [3.05, 3.63) is 0 Å². The van der Waals surface area contributed by atoms with Crippen LogP contribution in [-0.4, -0.2) is 18.8 Å². The molecule has 66 valence electrons. The standard InChI is InChI=1S/C9H19NO/c1-3-8(11-2)9(10)6-4-5-7-9/h8H,3-7,10H2,1-2H3. The zero-order valence-electron chi connectivity index (χ0n) is 7.60. The summed E-state index contributed by atoms with van der Waals surface area (Å²) >= 11 is 0. The normalized spacial score (nSPS) is 25.4. The second-order valence-electron chi connectivity index (χ2n) is 3.57. The number of nitrogens with two attached hydrogens (primary N) is 1. The first kappa shape index (κ1) is 9.01. The van der Waals surface area contributed by atoms with Crippen LogP contribution in [0.2, 0.25) is 0 Å². The van der Waals surface area contributed by atoms with Gasteiger partial charge in [0.1, 0.15) is 0 Å². The Bertz CT molecular complexity index is 115. The second kappa shape index (κ2) is 3.55. The maximum atomic E-state index is 6.20. The molecule has 0 aromatic carbocycles. The molecule has 0 bridgehead atoms. The fourth-order valence-corrected chi connectivity index (χ4v) is 2.16. The van der Waals surface area contributed by atoms with Gasteiger partial charge in [-0.15, -0.1) is 0 Å². The quantitative estimate of drug-likeness (QED) is 0.676. The van der Waals surface area contributed by atoms with Crippen molar-refractivity contribution in [2.24, 2.45) is 5.73 Å². The molecular weight excluding hydrogens is 138 g/mol. The maximum Gasteiger partial charge on any atom is 0.0748 e. The third kappa shape index (κ3) is 1.74. The number of hydrogen-bond donors (Lipinski definition) is 1. The number of rotatable bonds is 3. The molecule has 1 aliphatic carbocycles. The lowest BCUT2D eigenvalue weighted by Crippen LogP contribution is -2.49. The van der Waals surface area contributed by atoms with Gasteiger partial charge in [0.15, 0.2) is 0 Å². The smallest absolute Gasteiger partial charge is 0.0748 e. The molecule has 0 saturated heterocycles. The minimum absolute atomic E-state index is 0.0104. The molecule has 0 spiro atoms. The van der Waals surface area contributed by atoms with Crippen LogP contribution in [0.5, 0.6) is 0 Å². The maximum absolute atomic E-state index is 6.20. The highest BCUT2D eigenvalue weighted by Crippen LogP contribution is 2.32. The van der Waals surface area contributed by atoms with E-state index >= 15 is 0 Å². The van der Waals surface area contributed by atoms with Crippen molar-refractivity contribution in [1.29, 1.82) is 0 Å². The summed E-state index contributed by atoms with van der Waals surface area (Å²) < 4.78 is 5.36. The van der Waals surface area contributed by atoms with E-state index < -0.39 is 0 Å². The average molecular weight is 157 g/mol. The van der Waals surface area contributed by atoms with E-state index in [0.29, 0.717) is 0 Å². The van der Waals surface area contributed by atoms with Gasteiger partial charge in [-0.05, 0) is 19.3 Å². The van der Waals surface area contributed by atoms with Gasteiger partial charge in [0.05, 0.1) is 6.10 Å². The number of hydrogen-bond acceptors (Lipinski definition) is 2. The monoisotopic (exact) mass is 157 g/mol. The Kier molecular flexibility index (Phi) is 2.90. The molecule has 2 heteroatoms. The van der Waals surface area contributed by atoms with Gasteiger partial charge >= 0.3 is 0 Å². The molecule has 0 amide bonds. The third-order valence-electron chi connectivity index (χ3n) is 2.83. The van der Waals surface area contributed by atoms with Crippen LogP contribution in [0.3, 0.4) is 0 Å². The van der Waals surface area contributed by atoms with Crippen LogP contribution in [-0.2, 0) is 4.74 Å². The van der Waals surface area contributed by atoms with Crippen LogP contribution in [0.15, 0.2) is 0 Å². The van der Waals surface area contributed by atoms with Crippen LogP contribution in [0.1, 0.15) is 39.0 Å². The minimum atomic E-state index is -0.0104. The van der Waals surface area contributed by atoms with Gasteiger partial charge in [0, 0.05) is 12.6 Å². The molecule has 1 unspecified atom stereocenters. The lowest BCUT2D eigenvalue weighted by atomic mass is 9.90. The highest BCUT2D eigenvalue weighted by molar-refractivity contribution is 4.95. The third-order valence-corrected chi connectivity index (χ3v) is 2.83. The van der Waals surface area contributed by atoms with Crippen LogP contribution in [0.25, 0.3) is 0 Å². The largest absolute Gasteiger partial charge is 0.380 e. The van der Waals surface area contributed by atoms with E-state index in [2.05, 4.69) is 6.92 Å². The summed E-state index contributed by atoms with van der Waals surface area (Å²) in [6.07, 6.45) is 6.13. The molecule has 0 aliphatic heterocycles. The lowest BCUT2D eigenvalue weighted by Gasteiger charge is -2.31. The Morgan fingerprint density at radius 1 is 1.45 bits per heavy atom. The first-order valence-corrected chi connectivity index (χ1v) is 4.54. The van der Waals surface area contributed by atoms with Crippen LogP contribution in [0, 0.1) is 0 Å². The fourth-order valence-electron chi connectivity index (χ4n) is 2.16. The van der Waals surface area contributed by atoms with E-state index in [-0.39, 0.29) is 11.6 Å². The molecule has 1 rings (SSSR count). The van der Waals surface area contributed by atoms with Gasteiger partial charge in [-0.3, -0.25) is 0 Å². The zero-order valence-corrected chi connectivity index (χ0v) is 7.60. The van der Waals surface area contributed by atoms with Gasteiger partial charge in [0.2, 0.25) is 0 Å². The molecule has 2 N–H and O–H groups in total. The van der Waals surface area contributed by atoms with Crippen molar-refractivity contribution in [1.82, 2.24) is 0 Å². The molecular formula is C9H19NO. The molecule has 1 saturated carbocycles. The van der Waals surface area contributed by atoms with Gasteiger partial charge in [-0.25, -0.2) is 0 Å². The molecule has 1 fully saturated rings. The Balaban J connectivity index is 2.53. The number of ether oxygens (including phenoxy) is 1. The Labute approximate surface area is 69.1 Å². The molecule has 1 aliphatic rings. The fraction of sp³-hybridized carbons (Fsp3) is 1.00. The molecule has 0 radical (unpaired) electrons. The zero-order chi connectivity index (χ0) is 8.32. The SMILES string of the molecule is CCC(OC)C1(N)CCCC1. The van der Waals surface area contributed by atoms with Gasteiger partial charge in [-0.1, -0.05) is 19.8 Å². The van der Waals surface area contributed by atoms with E-state index in [1.165, 1.54) is 12.8 Å². The Hall–Kier alpha value is -0.0800. The van der Waals surface area contributed by atoms with Crippen LogP contribution in [0.4, 0.5) is 0 Å². The number of methoxy groups -OCH3 is 1.